The van der Waals surface area contributed by atoms with E-state index in [1.54, 1.807) is 12.4 Å². The summed E-state index contributed by atoms with van der Waals surface area (Å²) in [5, 5.41) is 4.55. The van der Waals surface area contributed by atoms with E-state index in [0.29, 0.717) is 0 Å². The van der Waals surface area contributed by atoms with Gasteiger partial charge in [0.2, 0.25) is 0 Å². The van der Waals surface area contributed by atoms with E-state index in [9.17, 15) is 0 Å². The lowest BCUT2D eigenvalue weighted by Gasteiger charge is -1.99. The molecule has 2 heterocycles. The maximum atomic E-state index is 4.53. The van der Waals surface area contributed by atoms with Crippen molar-refractivity contribution < 1.29 is 0 Å². The maximum absolute atomic E-state index is 4.53. The van der Waals surface area contributed by atoms with Gasteiger partial charge in [-0.1, -0.05) is 48.5 Å². The van der Waals surface area contributed by atoms with Crippen molar-refractivity contribution in [3.63, 3.8) is 0 Å². The van der Waals surface area contributed by atoms with E-state index in [4.69, 9.17) is 0 Å². The fourth-order valence-corrected chi connectivity index (χ4v) is 3.25. The second-order valence-electron chi connectivity index (χ2n) is 6.95. The van der Waals surface area contributed by atoms with Crippen LogP contribution in [-0.4, -0.2) is 22.4 Å². The second-order valence-corrected chi connectivity index (χ2v) is 6.95. The summed E-state index contributed by atoms with van der Waals surface area (Å²) in [6.07, 6.45) is 7.30. The van der Waals surface area contributed by atoms with E-state index in [-0.39, 0.29) is 0 Å². The van der Waals surface area contributed by atoms with Gasteiger partial charge in [0.15, 0.2) is 0 Å². The lowest BCUT2D eigenvalue weighted by Crippen LogP contribution is -1.87. The van der Waals surface area contributed by atoms with Crippen molar-refractivity contribution in [1.82, 2.24) is 9.97 Å². The van der Waals surface area contributed by atoms with Crippen molar-refractivity contribution in [2.24, 2.45) is 9.98 Å². The predicted molar refractivity (Wildman–Crippen MR) is 124 cm³/mol. The molecule has 5 aromatic rings. The molecule has 4 nitrogen and oxygen atoms in total. The number of hydrogen-bond donors (Lipinski definition) is 0. The number of aliphatic imine (C=N–C) groups is 2. The van der Waals surface area contributed by atoms with E-state index in [1.165, 1.54) is 0 Å². The van der Waals surface area contributed by atoms with Gasteiger partial charge >= 0.3 is 0 Å². The zero-order valence-electron chi connectivity index (χ0n) is 16.2. The molecule has 4 heteroatoms. The van der Waals surface area contributed by atoms with Gasteiger partial charge in [-0.25, -0.2) is 0 Å². The van der Waals surface area contributed by atoms with Crippen molar-refractivity contribution in [3.05, 3.63) is 109 Å². The third kappa shape index (κ3) is 3.98. The van der Waals surface area contributed by atoms with Crippen LogP contribution in [0.4, 0.5) is 11.4 Å². The van der Waals surface area contributed by atoms with Crippen LogP contribution in [0.3, 0.4) is 0 Å². The Hall–Kier alpha value is -4.18. The molecular formula is C26H18N4. The van der Waals surface area contributed by atoms with Crippen LogP contribution in [0.2, 0.25) is 0 Å². The lowest BCUT2D eigenvalue weighted by molar-refractivity contribution is 1.33. The van der Waals surface area contributed by atoms with Crippen LogP contribution < -0.4 is 0 Å². The highest BCUT2D eigenvalue weighted by Crippen LogP contribution is 2.19. The number of rotatable bonds is 4. The largest absolute Gasteiger partial charge is 0.255 e. The van der Waals surface area contributed by atoms with E-state index in [1.807, 2.05) is 73.1 Å². The molecule has 0 aliphatic rings. The Kier molecular flexibility index (Phi) is 4.80. The molecule has 0 atom stereocenters. The fraction of sp³-hybridized carbons (Fsp3) is 0. The van der Waals surface area contributed by atoms with Crippen LogP contribution in [0.15, 0.2) is 107 Å². The monoisotopic (exact) mass is 386 g/mol. The van der Waals surface area contributed by atoms with Crippen LogP contribution in [0.1, 0.15) is 11.4 Å². The molecule has 3 aromatic carbocycles. The molecule has 0 N–H and O–H groups in total. The molecule has 0 unspecified atom stereocenters. The Labute approximate surface area is 174 Å². The molecule has 0 amide bonds. The average Bonchev–Trinajstić information content (AvgIpc) is 2.82. The van der Waals surface area contributed by atoms with E-state index >= 15 is 0 Å². The zero-order chi connectivity index (χ0) is 20.2. The topological polar surface area (TPSA) is 50.5 Å². The molecule has 0 bridgehead atoms. The summed E-state index contributed by atoms with van der Waals surface area (Å²) in [4.78, 5) is 17.9. The smallest absolute Gasteiger partial charge is 0.0818 e. The highest BCUT2D eigenvalue weighted by atomic mass is 14.8. The molecule has 0 radical (unpaired) electrons. The Morgan fingerprint density at radius 3 is 1.33 bits per heavy atom. The van der Waals surface area contributed by atoms with Crippen molar-refractivity contribution in [2.45, 2.75) is 0 Å². The molecule has 142 valence electrons. The Morgan fingerprint density at radius 1 is 0.500 bits per heavy atom. The van der Waals surface area contributed by atoms with Gasteiger partial charge in [-0.3, -0.25) is 20.0 Å². The second kappa shape index (κ2) is 8.05. The first kappa shape index (κ1) is 17.9. The number of aromatic nitrogens is 2. The minimum atomic E-state index is 0.832. The number of pyridine rings is 2. The summed E-state index contributed by atoms with van der Waals surface area (Å²) in [5.74, 6) is 0. The molecule has 0 fully saturated rings. The molecule has 0 aliphatic carbocycles. The quantitative estimate of drug-likeness (QED) is 0.341. The van der Waals surface area contributed by atoms with Crippen LogP contribution in [0, 0.1) is 0 Å². The predicted octanol–water partition coefficient (Wildman–Crippen LogP) is 6.28. The molecular weight excluding hydrogens is 368 g/mol. The van der Waals surface area contributed by atoms with Gasteiger partial charge in [-0.15, -0.1) is 0 Å². The molecule has 0 aliphatic heterocycles. The number of hydrogen-bond acceptors (Lipinski definition) is 4. The third-order valence-corrected chi connectivity index (χ3v) is 4.85. The summed E-state index contributed by atoms with van der Waals surface area (Å²) >= 11 is 0. The molecule has 0 saturated carbocycles. The van der Waals surface area contributed by atoms with E-state index < -0.39 is 0 Å². The number of fused-ring (bicyclic) bond motifs is 2. The van der Waals surface area contributed by atoms with Gasteiger partial charge in [0.05, 0.1) is 35.2 Å². The van der Waals surface area contributed by atoms with Gasteiger partial charge in [-0.05, 0) is 47.2 Å². The summed E-state index contributed by atoms with van der Waals surface area (Å²) in [5.41, 5.74) is 3.37. The Bertz CT molecular complexity index is 1280. The van der Waals surface area contributed by atoms with Gasteiger partial charge in [-0.2, -0.15) is 0 Å². The van der Waals surface area contributed by atoms with Crippen LogP contribution in [0.5, 0.6) is 0 Å². The summed E-state index contributed by atoms with van der Waals surface area (Å²) in [7, 11) is 0. The van der Waals surface area contributed by atoms with Crippen molar-refractivity contribution >= 4 is 45.3 Å². The van der Waals surface area contributed by atoms with Crippen molar-refractivity contribution in [1.29, 1.82) is 0 Å². The lowest BCUT2D eigenvalue weighted by atomic mass is 10.1. The van der Waals surface area contributed by atoms with Crippen molar-refractivity contribution in [2.75, 3.05) is 0 Å². The van der Waals surface area contributed by atoms with Gasteiger partial charge in [0.25, 0.3) is 0 Å². The van der Waals surface area contributed by atoms with E-state index in [0.717, 1.165) is 44.3 Å². The van der Waals surface area contributed by atoms with Gasteiger partial charge in [0.1, 0.15) is 0 Å². The van der Waals surface area contributed by atoms with E-state index in [2.05, 4.69) is 44.2 Å². The first-order valence-electron chi connectivity index (χ1n) is 9.71. The highest BCUT2D eigenvalue weighted by molar-refractivity contribution is 5.90. The first-order chi connectivity index (χ1) is 14.8. The standard InChI is InChI=1S/C26H18N4/c1-3-7-21-15-27-25(13-19(21)5-1)17-29-23-9-11-24(12-10-23)30-18-26-14-20-6-2-4-8-22(20)16-28-26/h1-18H. The van der Waals surface area contributed by atoms with Crippen LogP contribution in [0.25, 0.3) is 21.5 Å². The summed E-state index contributed by atoms with van der Waals surface area (Å²) < 4.78 is 0. The minimum Gasteiger partial charge on any atom is -0.255 e. The average molecular weight is 386 g/mol. The molecule has 2 aromatic heterocycles. The third-order valence-electron chi connectivity index (χ3n) is 4.85. The minimum absolute atomic E-state index is 0.832. The molecule has 5 rings (SSSR count). The number of benzene rings is 3. The summed E-state index contributed by atoms with van der Waals surface area (Å²) in [6.45, 7) is 0. The SMILES string of the molecule is C(=Nc1ccc(N=Cc2cc3ccccc3cn2)cc1)c1cc2ccccc2cn1. The number of nitrogens with zero attached hydrogens (tertiary/aromatic N) is 4. The first-order valence-corrected chi connectivity index (χ1v) is 9.71. The highest BCUT2D eigenvalue weighted by Gasteiger charge is 1.97. The fourth-order valence-electron chi connectivity index (χ4n) is 3.25. The summed E-state index contributed by atoms with van der Waals surface area (Å²) in [6, 6.07) is 28.2. The van der Waals surface area contributed by atoms with Crippen LogP contribution in [-0.2, 0) is 0 Å². The molecule has 30 heavy (non-hydrogen) atoms. The van der Waals surface area contributed by atoms with Crippen molar-refractivity contribution in [3.8, 4) is 0 Å². The van der Waals surface area contributed by atoms with Gasteiger partial charge in [0, 0.05) is 23.2 Å². The van der Waals surface area contributed by atoms with Crippen LogP contribution >= 0.6 is 0 Å². The Morgan fingerprint density at radius 2 is 0.900 bits per heavy atom. The van der Waals surface area contributed by atoms with Gasteiger partial charge < -0.3 is 0 Å². The molecule has 0 spiro atoms. The normalized spacial score (nSPS) is 11.7. The maximum Gasteiger partial charge on any atom is 0.0818 e. The molecule has 0 saturated heterocycles. The zero-order valence-corrected chi connectivity index (χ0v) is 16.2. The Balaban J connectivity index is 1.30.